The van der Waals surface area contributed by atoms with Gasteiger partial charge in [0.1, 0.15) is 29.6 Å². The molecule has 0 bridgehead atoms. The van der Waals surface area contributed by atoms with Crippen LogP contribution < -0.4 is 5.32 Å². The van der Waals surface area contributed by atoms with Crippen molar-refractivity contribution < 1.29 is 22.7 Å². The van der Waals surface area contributed by atoms with Crippen molar-refractivity contribution in [2.75, 3.05) is 0 Å². The van der Waals surface area contributed by atoms with Crippen LogP contribution in [0.2, 0.25) is 0 Å². The second-order valence-corrected chi connectivity index (χ2v) is 5.67. The lowest BCUT2D eigenvalue weighted by molar-refractivity contribution is 0.0928. The Hall–Kier alpha value is -2.99. The minimum Gasteiger partial charge on any atom is -0.467 e. The second-order valence-electron chi connectivity index (χ2n) is 5.67. The Morgan fingerprint density at radius 1 is 0.962 bits per heavy atom. The van der Waals surface area contributed by atoms with Crippen LogP contribution in [0.25, 0.3) is 0 Å². The Bertz CT molecular complexity index is 858. The van der Waals surface area contributed by atoms with E-state index >= 15 is 0 Å². The first-order chi connectivity index (χ1) is 12.6. The molecule has 3 aromatic rings. The van der Waals surface area contributed by atoms with E-state index in [1.165, 1.54) is 6.07 Å². The average molecular weight is 357 g/mol. The maximum absolute atomic E-state index is 13.6. The summed E-state index contributed by atoms with van der Waals surface area (Å²) in [6, 6.07) is 14.3. The SMILES string of the molecule is O=C(NCc1cccc(COCc2ccco2)c1)c1c(F)cccc1F. The number of rotatable bonds is 7. The number of hydrogen-bond donors (Lipinski definition) is 1. The van der Waals surface area contributed by atoms with Crippen LogP contribution in [-0.2, 0) is 24.5 Å². The molecule has 0 spiro atoms. The highest BCUT2D eigenvalue weighted by Crippen LogP contribution is 2.13. The van der Waals surface area contributed by atoms with Gasteiger partial charge in [-0.05, 0) is 35.4 Å². The number of benzene rings is 2. The van der Waals surface area contributed by atoms with Crippen molar-refractivity contribution in [3.8, 4) is 0 Å². The third-order valence-electron chi connectivity index (χ3n) is 3.73. The molecule has 0 aliphatic heterocycles. The predicted molar refractivity (Wildman–Crippen MR) is 91.2 cm³/mol. The molecular weight excluding hydrogens is 340 g/mol. The molecule has 2 aromatic carbocycles. The van der Waals surface area contributed by atoms with Crippen molar-refractivity contribution in [1.29, 1.82) is 0 Å². The molecule has 0 unspecified atom stereocenters. The summed E-state index contributed by atoms with van der Waals surface area (Å²) in [4.78, 5) is 12.0. The van der Waals surface area contributed by atoms with E-state index in [0.717, 1.165) is 29.0 Å². The van der Waals surface area contributed by atoms with Gasteiger partial charge in [-0.2, -0.15) is 0 Å². The van der Waals surface area contributed by atoms with Crippen LogP contribution in [0.15, 0.2) is 65.3 Å². The summed E-state index contributed by atoms with van der Waals surface area (Å²) in [6.07, 6.45) is 1.58. The highest BCUT2D eigenvalue weighted by atomic mass is 19.1. The molecule has 0 saturated carbocycles. The number of hydrogen-bond acceptors (Lipinski definition) is 3. The van der Waals surface area contributed by atoms with Crippen molar-refractivity contribution in [1.82, 2.24) is 5.32 Å². The van der Waals surface area contributed by atoms with Crippen LogP contribution in [0.4, 0.5) is 8.78 Å². The number of nitrogens with one attached hydrogen (secondary N) is 1. The molecule has 0 atom stereocenters. The molecule has 0 fully saturated rings. The van der Waals surface area contributed by atoms with Crippen molar-refractivity contribution in [2.24, 2.45) is 0 Å². The van der Waals surface area contributed by atoms with Gasteiger partial charge in [-0.15, -0.1) is 0 Å². The smallest absolute Gasteiger partial charge is 0.257 e. The van der Waals surface area contributed by atoms with E-state index in [4.69, 9.17) is 9.15 Å². The van der Waals surface area contributed by atoms with Gasteiger partial charge in [-0.1, -0.05) is 30.3 Å². The molecule has 0 aliphatic rings. The first kappa shape index (κ1) is 17.8. The van der Waals surface area contributed by atoms with Gasteiger partial charge in [0.05, 0.1) is 12.9 Å². The second kappa shape index (κ2) is 8.40. The number of ether oxygens (including phenoxy) is 1. The molecule has 1 N–H and O–H groups in total. The summed E-state index contributed by atoms with van der Waals surface area (Å²) >= 11 is 0. The van der Waals surface area contributed by atoms with Gasteiger partial charge >= 0.3 is 0 Å². The monoisotopic (exact) mass is 357 g/mol. The first-order valence-electron chi connectivity index (χ1n) is 8.03. The molecule has 1 aromatic heterocycles. The van der Waals surface area contributed by atoms with Crippen molar-refractivity contribution in [2.45, 2.75) is 19.8 Å². The van der Waals surface area contributed by atoms with E-state index in [1.54, 1.807) is 12.3 Å². The Kier molecular flexibility index (Phi) is 5.76. The number of carbonyl (C=O) groups excluding carboxylic acids is 1. The molecule has 134 valence electrons. The molecule has 26 heavy (non-hydrogen) atoms. The summed E-state index contributed by atoms with van der Waals surface area (Å²) in [5.41, 5.74) is 1.14. The molecule has 3 rings (SSSR count). The third kappa shape index (κ3) is 4.55. The molecule has 0 saturated heterocycles. The third-order valence-corrected chi connectivity index (χ3v) is 3.73. The highest BCUT2D eigenvalue weighted by Gasteiger charge is 2.16. The average Bonchev–Trinajstić information content (AvgIpc) is 3.14. The largest absolute Gasteiger partial charge is 0.467 e. The van der Waals surface area contributed by atoms with Gasteiger partial charge in [0.2, 0.25) is 0 Å². The highest BCUT2D eigenvalue weighted by molar-refractivity contribution is 5.94. The fourth-order valence-corrected chi connectivity index (χ4v) is 2.48. The lowest BCUT2D eigenvalue weighted by Gasteiger charge is -2.09. The normalized spacial score (nSPS) is 10.7. The van der Waals surface area contributed by atoms with Crippen LogP contribution in [-0.4, -0.2) is 5.91 Å². The van der Waals surface area contributed by atoms with Crippen LogP contribution in [0.5, 0.6) is 0 Å². The fraction of sp³-hybridized carbons (Fsp3) is 0.150. The topological polar surface area (TPSA) is 51.5 Å². The number of halogens is 2. The molecule has 0 radical (unpaired) electrons. The van der Waals surface area contributed by atoms with E-state index < -0.39 is 23.1 Å². The summed E-state index contributed by atoms with van der Waals surface area (Å²) in [6.45, 7) is 0.892. The molecule has 4 nitrogen and oxygen atoms in total. The van der Waals surface area contributed by atoms with Crippen LogP contribution in [0, 0.1) is 11.6 Å². The zero-order valence-electron chi connectivity index (χ0n) is 13.9. The number of furan rings is 1. The Morgan fingerprint density at radius 2 is 1.69 bits per heavy atom. The molecule has 1 amide bonds. The van der Waals surface area contributed by atoms with Crippen LogP contribution >= 0.6 is 0 Å². The van der Waals surface area contributed by atoms with Gasteiger partial charge in [-0.3, -0.25) is 4.79 Å². The van der Waals surface area contributed by atoms with Gasteiger partial charge in [0, 0.05) is 6.54 Å². The Labute approximate surface area is 149 Å². The maximum Gasteiger partial charge on any atom is 0.257 e. The van der Waals surface area contributed by atoms with Gasteiger partial charge in [0.15, 0.2) is 0 Å². The van der Waals surface area contributed by atoms with Gasteiger partial charge < -0.3 is 14.5 Å². The number of amides is 1. The molecule has 6 heteroatoms. The summed E-state index contributed by atoms with van der Waals surface area (Å²) in [5, 5.41) is 2.53. The lowest BCUT2D eigenvalue weighted by Crippen LogP contribution is -2.25. The fourth-order valence-electron chi connectivity index (χ4n) is 2.48. The zero-order valence-corrected chi connectivity index (χ0v) is 13.9. The first-order valence-corrected chi connectivity index (χ1v) is 8.03. The van der Waals surface area contributed by atoms with Crippen molar-refractivity contribution >= 4 is 5.91 Å². The molecular formula is C20H17F2NO3. The Morgan fingerprint density at radius 3 is 2.42 bits per heavy atom. The lowest BCUT2D eigenvalue weighted by atomic mass is 10.1. The summed E-state index contributed by atoms with van der Waals surface area (Å²) in [5.74, 6) is -1.83. The Balaban J connectivity index is 1.56. The van der Waals surface area contributed by atoms with Crippen LogP contribution in [0.1, 0.15) is 27.2 Å². The van der Waals surface area contributed by atoms with Crippen LogP contribution in [0.3, 0.4) is 0 Å². The van der Waals surface area contributed by atoms with Crippen molar-refractivity contribution in [3.05, 3.63) is 94.9 Å². The standard InChI is InChI=1S/C20H17F2NO3/c21-17-7-2-8-18(22)19(17)20(24)23-11-14-4-1-5-15(10-14)12-25-13-16-6-3-9-26-16/h1-10H,11-13H2,(H,23,24). The molecule has 0 aliphatic carbocycles. The maximum atomic E-state index is 13.6. The minimum absolute atomic E-state index is 0.151. The van der Waals surface area contributed by atoms with Gasteiger partial charge in [-0.25, -0.2) is 8.78 Å². The quantitative estimate of drug-likeness (QED) is 0.689. The minimum atomic E-state index is -0.887. The summed E-state index contributed by atoms with van der Waals surface area (Å²) < 4.78 is 38.0. The molecule has 1 heterocycles. The van der Waals surface area contributed by atoms with E-state index in [1.807, 2.05) is 30.3 Å². The van der Waals surface area contributed by atoms with Gasteiger partial charge in [0.25, 0.3) is 5.91 Å². The van der Waals surface area contributed by atoms with E-state index in [9.17, 15) is 13.6 Å². The van der Waals surface area contributed by atoms with E-state index in [-0.39, 0.29) is 6.54 Å². The predicted octanol–water partition coefficient (Wildman–Crippen LogP) is 4.20. The number of carbonyl (C=O) groups is 1. The zero-order chi connectivity index (χ0) is 18.4. The van der Waals surface area contributed by atoms with E-state index in [0.29, 0.717) is 13.2 Å². The summed E-state index contributed by atoms with van der Waals surface area (Å²) in [7, 11) is 0. The van der Waals surface area contributed by atoms with E-state index in [2.05, 4.69) is 5.32 Å². The van der Waals surface area contributed by atoms with Crippen molar-refractivity contribution in [3.63, 3.8) is 0 Å².